The Bertz CT molecular complexity index is 660. The SMILES string of the molecule is CCOc1cc(Br)c(/C=C2\SC(=O)N(CC)C2=O)cc1OCC. The van der Waals surface area contributed by atoms with Crippen LogP contribution in [-0.4, -0.2) is 35.8 Å². The van der Waals surface area contributed by atoms with Crippen molar-refractivity contribution >= 4 is 44.9 Å². The van der Waals surface area contributed by atoms with Gasteiger partial charge in [0.05, 0.1) is 18.1 Å². The number of benzene rings is 1. The Morgan fingerprint density at radius 3 is 2.26 bits per heavy atom. The van der Waals surface area contributed by atoms with Gasteiger partial charge >= 0.3 is 0 Å². The van der Waals surface area contributed by atoms with E-state index in [1.54, 1.807) is 19.1 Å². The quantitative estimate of drug-likeness (QED) is 0.667. The molecule has 1 aromatic carbocycles. The maximum absolute atomic E-state index is 12.2. The fourth-order valence-corrected chi connectivity index (χ4v) is 3.44. The lowest BCUT2D eigenvalue weighted by Gasteiger charge is -2.13. The van der Waals surface area contributed by atoms with Crippen LogP contribution in [0.4, 0.5) is 4.79 Å². The molecule has 0 spiro atoms. The van der Waals surface area contributed by atoms with Gasteiger partial charge in [0.1, 0.15) is 0 Å². The topological polar surface area (TPSA) is 55.8 Å². The van der Waals surface area contributed by atoms with Crippen molar-refractivity contribution in [1.29, 1.82) is 0 Å². The summed E-state index contributed by atoms with van der Waals surface area (Å²) < 4.78 is 11.9. The lowest BCUT2D eigenvalue weighted by Crippen LogP contribution is -2.27. The number of hydrogen-bond donors (Lipinski definition) is 0. The van der Waals surface area contributed by atoms with E-state index in [1.807, 2.05) is 19.9 Å². The van der Waals surface area contributed by atoms with Gasteiger partial charge < -0.3 is 9.47 Å². The molecule has 2 rings (SSSR count). The molecule has 1 fully saturated rings. The Morgan fingerprint density at radius 1 is 1.13 bits per heavy atom. The summed E-state index contributed by atoms with van der Waals surface area (Å²) in [5.74, 6) is 0.986. The number of carbonyl (C=O) groups excluding carboxylic acids is 2. The summed E-state index contributed by atoms with van der Waals surface area (Å²) in [4.78, 5) is 25.6. The van der Waals surface area contributed by atoms with Crippen LogP contribution in [0.1, 0.15) is 26.3 Å². The molecule has 2 amide bonds. The van der Waals surface area contributed by atoms with Gasteiger partial charge in [0.15, 0.2) is 11.5 Å². The summed E-state index contributed by atoms with van der Waals surface area (Å²) in [5, 5.41) is -0.240. The second-order valence-corrected chi connectivity index (χ2v) is 6.46. The van der Waals surface area contributed by atoms with E-state index in [9.17, 15) is 9.59 Å². The first kappa shape index (κ1) is 17.9. The van der Waals surface area contributed by atoms with Crippen LogP contribution in [0.2, 0.25) is 0 Å². The van der Waals surface area contributed by atoms with Gasteiger partial charge in [0, 0.05) is 11.0 Å². The molecule has 23 heavy (non-hydrogen) atoms. The number of thioether (sulfide) groups is 1. The van der Waals surface area contributed by atoms with Crippen molar-refractivity contribution in [2.45, 2.75) is 20.8 Å². The van der Waals surface area contributed by atoms with Gasteiger partial charge in [-0.05, 0) is 56.3 Å². The molecule has 0 N–H and O–H groups in total. The summed E-state index contributed by atoms with van der Waals surface area (Å²) in [5.41, 5.74) is 0.763. The van der Waals surface area contributed by atoms with Gasteiger partial charge in [-0.15, -0.1) is 0 Å². The van der Waals surface area contributed by atoms with Gasteiger partial charge in [0.2, 0.25) is 0 Å². The van der Waals surface area contributed by atoms with E-state index in [4.69, 9.17) is 9.47 Å². The Morgan fingerprint density at radius 2 is 1.74 bits per heavy atom. The monoisotopic (exact) mass is 399 g/mol. The highest BCUT2D eigenvalue weighted by atomic mass is 79.9. The van der Waals surface area contributed by atoms with Crippen molar-refractivity contribution in [3.63, 3.8) is 0 Å². The molecule has 0 atom stereocenters. The first-order valence-corrected chi connectivity index (χ1v) is 8.97. The van der Waals surface area contributed by atoms with E-state index in [-0.39, 0.29) is 11.1 Å². The Hall–Kier alpha value is -1.47. The number of hydrogen-bond acceptors (Lipinski definition) is 5. The van der Waals surface area contributed by atoms with Gasteiger partial charge in [-0.1, -0.05) is 15.9 Å². The third-order valence-corrected chi connectivity index (χ3v) is 4.73. The van der Waals surface area contributed by atoms with E-state index in [1.165, 1.54) is 4.90 Å². The minimum atomic E-state index is -0.263. The van der Waals surface area contributed by atoms with E-state index < -0.39 is 0 Å². The largest absolute Gasteiger partial charge is 0.490 e. The number of imide groups is 1. The Balaban J connectivity index is 2.40. The molecule has 0 bridgehead atoms. The first-order valence-electron chi connectivity index (χ1n) is 7.36. The number of halogens is 1. The van der Waals surface area contributed by atoms with Crippen molar-refractivity contribution in [3.05, 3.63) is 27.1 Å². The van der Waals surface area contributed by atoms with Gasteiger partial charge in [-0.3, -0.25) is 14.5 Å². The van der Waals surface area contributed by atoms with Gasteiger partial charge in [-0.25, -0.2) is 0 Å². The number of ether oxygens (including phenoxy) is 2. The lowest BCUT2D eigenvalue weighted by molar-refractivity contribution is -0.122. The third-order valence-electron chi connectivity index (χ3n) is 3.14. The molecule has 1 aliphatic rings. The summed E-state index contributed by atoms with van der Waals surface area (Å²) in [6.45, 7) is 6.98. The Labute approximate surface area is 148 Å². The third kappa shape index (κ3) is 3.90. The second-order valence-electron chi connectivity index (χ2n) is 4.61. The van der Waals surface area contributed by atoms with Crippen LogP contribution in [-0.2, 0) is 4.79 Å². The minimum Gasteiger partial charge on any atom is -0.490 e. The number of rotatable bonds is 6. The van der Waals surface area contributed by atoms with Gasteiger partial charge in [0.25, 0.3) is 11.1 Å². The predicted octanol–water partition coefficient (Wildman–Crippen LogP) is 4.30. The van der Waals surface area contributed by atoms with Crippen LogP contribution >= 0.6 is 27.7 Å². The van der Waals surface area contributed by atoms with Crippen molar-refractivity contribution in [1.82, 2.24) is 4.90 Å². The van der Waals surface area contributed by atoms with Crippen LogP contribution < -0.4 is 9.47 Å². The zero-order valence-electron chi connectivity index (χ0n) is 13.2. The highest BCUT2D eigenvalue weighted by molar-refractivity contribution is 9.10. The minimum absolute atomic E-state index is 0.240. The number of amides is 2. The molecule has 0 radical (unpaired) electrons. The first-order chi connectivity index (χ1) is 11.0. The fourth-order valence-electron chi connectivity index (χ4n) is 2.11. The molecule has 5 nitrogen and oxygen atoms in total. The average molecular weight is 400 g/mol. The van der Waals surface area contributed by atoms with E-state index in [0.29, 0.717) is 36.2 Å². The standard InChI is InChI=1S/C16H18BrNO4S/c1-4-18-15(19)14(23-16(18)20)8-10-7-12(21-5-2)13(22-6-3)9-11(10)17/h7-9H,4-6H2,1-3H3/b14-8-. The molecule has 0 aliphatic carbocycles. The maximum atomic E-state index is 12.2. The zero-order valence-corrected chi connectivity index (χ0v) is 15.6. The normalized spacial score (nSPS) is 16.3. The van der Waals surface area contributed by atoms with Crippen LogP contribution in [0.3, 0.4) is 0 Å². The second kappa shape index (κ2) is 7.88. The van der Waals surface area contributed by atoms with Crippen LogP contribution in [0.5, 0.6) is 11.5 Å². The molecule has 0 saturated carbocycles. The highest BCUT2D eigenvalue weighted by Crippen LogP contribution is 2.38. The van der Waals surface area contributed by atoms with E-state index in [0.717, 1.165) is 21.8 Å². The average Bonchev–Trinajstić information content (AvgIpc) is 2.78. The predicted molar refractivity (Wildman–Crippen MR) is 94.8 cm³/mol. The molecule has 0 unspecified atom stereocenters. The summed E-state index contributed by atoms with van der Waals surface area (Å²) in [6, 6.07) is 3.61. The van der Waals surface area contributed by atoms with Gasteiger partial charge in [-0.2, -0.15) is 0 Å². The number of likely N-dealkylation sites (N-methyl/N-ethyl adjacent to an activating group) is 1. The highest BCUT2D eigenvalue weighted by Gasteiger charge is 2.33. The lowest BCUT2D eigenvalue weighted by atomic mass is 10.2. The van der Waals surface area contributed by atoms with Crippen LogP contribution in [0, 0.1) is 0 Å². The molecule has 1 heterocycles. The smallest absolute Gasteiger partial charge is 0.293 e. The van der Waals surface area contributed by atoms with Crippen molar-refractivity contribution < 1.29 is 19.1 Å². The molecule has 124 valence electrons. The number of carbonyl (C=O) groups is 2. The molecular weight excluding hydrogens is 382 g/mol. The zero-order chi connectivity index (χ0) is 17.0. The molecule has 1 aromatic rings. The van der Waals surface area contributed by atoms with E-state index in [2.05, 4.69) is 15.9 Å². The molecule has 1 aliphatic heterocycles. The van der Waals surface area contributed by atoms with Crippen molar-refractivity contribution in [2.75, 3.05) is 19.8 Å². The molecule has 1 saturated heterocycles. The maximum Gasteiger partial charge on any atom is 0.293 e. The van der Waals surface area contributed by atoms with Crippen LogP contribution in [0.15, 0.2) is 21.5 Å². The molecular formula is C16H18BrNO4S. The Kier molecular flexibility index (Phi) is 6.12. The van der Waals surface area contributed by atoms with Crippen LogP contribution in [0.25, 0.3) is 6.08 Å². The van der Waals surface area contributed by atoms with Crippen molar-refractivity contribution in [3.8, 4) is 11.5 Å². The summed E-state index contributed by atoms with van der Waals surface area (Å²) in [6.07, 6.45) is 1.70. The summed E-state index contributed by atoms with van der Waals surface area (Å²) in [7, 11) is 0. The fraction of sp³-hybridized carbons (Fsp3) is 0.375. The number of nitrogens with zero attached hydrogens (tertiary/aromatic N) is 1. The summed E-state index contributed by atoms with van der Waals surface area (Å²) >= 11 is 4.43. The molecule has 0 aromatic heterocycles. The van der Waals surface area contributed by atoms with E-state index >= 15 is 0 Å². The van der Waals surface area contributed by atoms with Crippen molar-refractivity contribution in [2.24, 2.45) is 0 Å². The molecule has 7 heteroatoms.